The van der Waals surface area contributed by atoms with Crippen molar-refractivity contribution in [2.75, 3.05) is 0 Å². The van der Waals surface area contributed by atoms with Crippen molar-refractivity contribution in [2.45, 2.75) is 44.1 Å². The number of ether oxygens (including phenoxy) is 2. The summed E-state index contributed by atoms with van der Waals surface area (Å²) in [7, 11) is 0. The van der Waals surface area contributed by atoms with E-state index in [2.05, 4.69) is 0 Å². The first-order valence-corrected chi connectivity index (χ1v) is 8.32. The highest BCUT2D eigenvalue weighted by Crippen LogP contribution is 2.50. The molecule has 0 radical (unpaired) electrons. The molecule has 1 N–H and O–H groups in total. The van der Waals surface area contributed by atoms with Gasteiger partial charge in [0.1, 0.15) is 0 Å². The maximum absolute atomic E-state index is 15.1. The van der Waals surface area contributed by atoms with Gasteiger partial charge in [-0.2, -0.15) is 0 Å². The number of hydrogen-bond donors (Lipinski definition) is 1. The molecule has 0 spiro atoms. The van der Waals surface area contributed by atoms with Crippen LogP contribution in [0.25, 0.3) is 0 Å². The first-order chi connectivity index (χ1) is 12.7. The van der Waals surface area contributed by atoms with Crippen molar-refractivity contribution in [2.24, 2.45) is 0 Å². The van der Waals surface area contributed by atoms with Crippen LogP contribution in [0.2, 0.25) is 0 Å². The van der Waals surface area contributed by atoms with Crippen molar-refractivity contribution in [3.63, 3.8) is 0 Å². The van der Waals surface area contributed by atoms with Gasteiger partial charge in [0.2, 0.25) is 12.0 Å². The second kappa shape index (κ2) is 6.73. The largest absolute Gasteiger partial charge is 0.448 e. The Morgan fingerprint density at radius 2 is 1.96 bits per heavy atom. The summed E-state index contributed by atoms with van der Waals surface area (Å²) in [5.74, 6) is -3.67. The van der Waals surface area contributed by atoms with E-state index in [1.165, 1.54) is 19.1 Å². The van der Waals surface area contributed by atoms with E-state index in [0.717, 1.165) is 23.8 Å². The highest BCUT2D eigenvalue weighted by atomic mass is 19.2. The number of carbonyl (C=O) groups is 1. The van der Waals surface area contributed by atoms with E-state index in [-0.39, 0.29) is 12.0 Å². The van der Waals surface area contributed by atoms with Crippen LogP contribution in [0.1, 0.15) is 36.9 Å². The minimum absolute atomic E-state index is 0.131. The standard InChI is InChI=1S/C18H18F2N2O5/c1-3-18(20)14(19)17(2,26-13(24)11-7-5-4-6-8-11)15(27-18)22-10-9-12(23)21-16(22)25/h4-10,14-15H,3H2,1-2H3,(H,21,23,25)/t14-,15+,17+,18+/m0/s1. The van der Waals surface area contributed by atoms with Gasteiger partial charge in [0.05, 0.1) is 5.56 Å². The lowest BCUT2D eigenvalue weighted by Gasteiger charge is -2.31. The van der Waals surface area contributed by atoms with E-state index in [4.69, 9.17) is 9.47 Å². The number of halogens is 2. The predicted molar refractivity (Wildman–Crippen MR) is 90.7 cm³/mol. The van der Waals surface area contributed by atoms with Crippen molar-refractivity contribution in [1.82, 2.24) is 9.55 Å². The van der Waals surface area contributed by atoms with Crippen LogP contribution in [0.4, 0.5) is 8.78 Å². The number of hydrogen-bond acceptors (Lipinski definition) is 5. The Morgan fingerprint density at radius 3 is 2.56 bits per heavy atom. The molecule has 1 aliphatic rings. The van der Waals surface area contributed by atoms with Crippen molar-refractivity contribution in [3.8, 4) is 0 Å². The summed E-state index contributed by atoms with van der Waals surface area (Å²) in [6.45, 7) is 2.52. The fourth-order valence-corrected chi connectivity index (χ4v) is 3.06. The zero-order valence-corrected chi connectivity index (χ0v) is 14.6. The molecule has 7 nitrogen and oxygen atoms in total. The highest BCUT2D eigenvalue weighted by Gasteiger charge is 2.66. The van der Waals surface area contributed by atoms with E-state index in [9.17, 15) is 18.8 Å². The van der Waals surface area contributed by atoms with E-state index in [1.807, 2.05) is 4.98 Å². The van der Waals surface area contributed by atoms with Gasteiger partial charge in [0, 0.05) is 18.7 Å². The topological polar surface area (TPSA) is 90.4 Å². The molecule has 27 heavy (non-hydrogen) atoms. The number of nitrogens with one attached hydrogen (secondary N) is 1. The van der Waals surface area contributed by atoms with Gasteiger partial charge in [-0.05, 0) is 19.1 Å². The number of aromatic nitrogens is 2. The summed E-state index contributed by atoms with van der Waals surface area (Å²) < 4.78 is 41.3. The van der Waals surface area contributed by atoms with Crippen molar-refractivity contribution in [1.29, 1.82) is 0 Å². The third-order valence-corrected chi connectivity index (χ3v) is 4.59. The van der Waals surface area contributed by atoms with Gasteiger partial charge >= 0.3 is 11.7 Å². The first-order valence-electron chi connectivity index (χ1n) is 8.32. The smallest absolute Gasteiger partial charge is 0.338 e. The Labute approximate surface area is 152 Å². The van der Waals surface area contributed by atoms with Gasteiger partial charge in [0.15, 0.2) is 11.8 Å². The fraction of sp³-hybridized carbons (Fsp3) is 0.389. The Kier molecular flexibility index (Phi) is 4.73. The molecule has 1 saturated heterocycles. The number of H-pyrrole nitrogens is 1. The minimum Gasteiger partial charge on any atom is -0.448 e. The van der Waals surface area contributed by atoms with E-state index in [1.54, 1.807) is 18.2 Å². The summed E-state index contributed by atoms with van der Waals surface area (Å²) in [5.41, 5.74) is -3.65. The van der Waals surface area contributed by atoms with E-state index >= 15 is 4.39 Å². The zero-order chi connectivity index (χ0) is 19.8. The Balaban J connectivity index is 2.05. The summed E-state index contributed by atoms with van der Waals surface area (Å²) in [6.07, 6.45) is -3.32. The maximum atomic E-state index is 15.1. The molecule has 0 amide bonds. The molecule has 1 aromatic carbocycles. The number of benzene rings is 1. The fourth-order valence-electron chi connectivity index (χ4n) is 3.06. The third-order valence-electron chi connectivity index (χ3n) is 4.59. The van der Waals surface area contributed by atoms with Crippen LogP contribution < -0.4 is 11.2 Å². The van der Waals surface area contributed by atoms with Crippen molar-refractivity contribution < 1.29 is 23.0 Å². The van der Waals surface area contributed by atoms with Crippen LogP contribution in [-0.2, 0) is 9.47 Å². The normalized spacial score (nSPS) is 30.2. The molecular formula is C18H18F2N2O5. The number of esters is 1. The average Bonchev–Trinajstić information content (AvgIpc) is 2.84. The monoisotopic (exact) mass is 380 g/mol. The lowest BCUT2D eigenvalue weighted by molar-refractivity contribution is -0.179. The summed E-state index contributed by atoms with van der Waals surface area (Å²) in [5, 5.41) is 0. The summed E-state index contributed by atoms with van der Waals surface area (Å²) in [6, 6.07) is 8.78. The number of carbonyl (C=O) groups excluding carboxylic acids is 1. The minimum atomic E-state index is -2.77. The number of rotatable bonds is 4. The van der Waals surface area contributed by atoms with Crippen LogP contribution in [-0.4, -0.2) is 33.1 Å². The maximum Gasteiger partial charge on any atom is 0.338 e. The van der Waals surface area contributed by atoms with Crippen LogP contribution in [0, 0.1) is 0 Å². The molecule has 9 heteroatoms. The Hall–Kier alpha value is -2.81. The summed E-state index contributed by atoms with van der Waals surface area (Å²) >= 11 is 0. The molecule has 144 valence electrons. The molecule has 1 aromatic heterocycles. The molecule has 0 aliphatic carbocycles. The molecule has 0 bridgehead atoms. The molecule has 2 heterocycles. The molecule has 4 atom stereocenters. The van der Waals surface area contributed by atoms with Crippen molar-refractivity contribution in [3.05, 3.63) is 69.0 Å². The van der Waals surface area contributed by atoms with E-state index < -0.39 is 41.1 Å². The lowest BCUT2D eigenvalue weighted by Crippen LogP contribution is -2.49. The lowest BCUT2D eigenvalue weighted by atomic mass is 9.94. The molecule has 1 aliphatic heterocycles. The van der Waals surface area contributed by atoms with Gasteiger partial charge < -0.3 is 9.47 Å². The average molecular weight is 380 g/mol. The Morgan fingerprint density at radius 1 is 1.30 bits per heavy atom. The second-order valence-corrected chi connectivity index (χ2v) is 6.43. The molecule has 0 unspecified atom stereocenters. The second-order valence-electron chi connectivity index (χ2n) is 6.43. The number of alkyl halides is 2. The molecule has 2 aromatic rings. The predicted octanol–water partition coefficient (Wildman–Crippen LogP) is 2.10. The molecular weight excluding hydrogens is 362 g/mol. The quantitative estimate of drug-likeness (QED) is 0.821. The van der Waals surface area contributed by atoms with E-state index in [0.29, 0.717) is 0 Å². The molecule has 1 fully saturated rings. The van der Waals surface area contributed by atoms with Crippen LogP contribution >= 0.6 is 0 Å². The van der Waals surface area contributed by atoms with Gasteiger partial charge in [-0.25, -0.2) is 18.4 Å². The Bertz CT molecular complexity index is 960. The highest BCUT2D eigenvalue weighted by molar-refractivity contribution is 5.89. The number of nitrogens with zero attached hydrogens (tertiary/aromatic N) is 1. The van der Waals surface area contributed by atoms with Gasteiger partial charge in [-0.1, -0.05) is 25.1 Å². The first kappa shape index (κ1) is 19.0. The van der Waals surface area contributed by atoms with Gasteiger partial charge in [-0.15, -0.1) is 0 Å². The molecule has 0 saturated carbocycles. The number of aromatic amines is 1. The SMILES string of the molecule is CC[C@@]1(F)O[C@@H](n2ccc(=O)[nH]c2=O)[C@](C)(OC(=O)c2ccccc2)[C@@H]1F. The van der Waals surface area contributed by atoms with Crippen LogP contribution in [0.3, 0.4) is 0 Å². The van der Waals surface area contributed by atoms with Gasteiger partial charge in [-0.3, -0.25) is 14.3 Å². The summed E-state index contributed by atoms with van der Waals surface area (Å²) in [4.78, 5) is 37.8. The molecule has 3 rings (SSSR count). The zero-order valence-electron chi connectivity index (χ0n) is 14.6. The van der Waals surface area contributed by atoms with Gasteiger partial charge in [0.25, 0.3) is 5.56 Å². The van der Waals surface area contributed by atoms with Crippen LogP contribution in [0.5, 0.6) is 0 Å². The van der Waals surface area contributed by atoms with Crippen LogP contribution in [0.15, 0.2) is 52.2 Å². The third kappa shape index (κ3) is 3.18. The van der Waals surface area contributed by atoms with Crippen molar-refractivity contribution >= 4 is 5.97 Å².